The van der Waals surface area contributed by atoms with Gasteiger partial charge < -0.3 is 9.30 Å². The third-order valence-corrected chi connectivity index (χ3v) is 13.6. The highest BCUT2D eigenvalue weighted by Crippen LogP contribution is 2.52. The van der Waals surface area contributed by atoms with E-state index in [1.807, 2.05) is 72.8 Å². The number of ether oxygens (including phenoxy) is 1. The molecule has 0 aromatic heterocycles. The second kappa shape index (κ2) is 11.2. The average Bonchev–Trinajstić information content (AvgIpc) is 3.06. The van der Waals surface area contributed by atoms with E-state index in [0.717, 1.165) is 38.5 Å². The van der Waals surface area contributed by atoms with Crippen molar-refractivity contribution in [2.45, 2.75) is 12.8 Å². The summed E-state index contributed by atoms with van der Waals surface area (Å²) in [7, 11) is -4.14. The summed E-state index contributed by atoms with van der Waals surface area (Å²) in [6.45, 7) is 2.23. The van der Waals surface area contributed by atoms with E-state index in [4.69, 9.17) is 4.74 Å². The Labute approximate surface area is 248 Å². The highest BCUT2D eigenvalue weighted by atomic mass is 31.2. The number of hydrogen-bond donors (Lipinski definition) is 0. The zero-order valence-electron chi connectivity index (χ0n) is 23.3. The van der Waals surface area contributed by atoms with Crippen LogP contribution >= 0.6 is 15.1 Å². The molecule has 0 spiro atoms. The summed E-state index contributed by atoms with van der Waals surface area (Å²) >= 11 is 0. The van der Waals surface area contributed by atoms with Crippen molar-refractivity contribution in [2.75, 3.05) is 0 Å². The van der Waals surface area contributed by atoms with E-state index in [1.165, 1.54) is 15.9 Å². The molecule has 1 aliphatic heterocycles. The molecule has 0 amide bonds. The first-order chi connectivity index (χ1) is 20.7. The number of fused-ring (bicyclic) bond motifs is 2. The largest absolute Gasteiger partial charge is 0.455 e. The minimum absolute atomic E-state index is 0.0760. The van der Waals surface area contributed by atoms with Gasteiger partial charge in [-0.25, -0.2) is 0 Å². The predicted molar refractivity (Wildman–Crippen MR) is 179 cm³/mol. The summed E-state index contributed by atoms with van der Waals surface area (Å²) in [5, 5.41) is 6.05. The molecule has 2 nitrogen and oxygen atoms in total. The molecule has 1 aliphatic rings. The van der Waals surface area contributed by atoms with Crippen LogP contribution in [0.4, 0.5) is 0 Å². The van der Waals surface area contributed by atoms with Crippen LogP contribution in [0, 0.1) is 0 Å². The van der Waals surface area contributed by atoms with Crippen LogP contribution in [0.15, 0.2) is 158 Å². The number of benzene rings is 6. The molecular formula is C38H30O2P2. The Hall–Kier alpha value is -4.22. The number of hydrogen-bond acceptors (Lipinski definition) is 2. The molecule has 0 fully saturated rings. The molecule has 42 heavy (non-hydrogen) atoms. The van der Waals surface area contributed by atoms with Gasteiger partial charge in [0, 0.05) is 33.0 Å². The lowest BCUT2D eigenvalue weighted by Gasteiger charge is -2.33. The summed E-state index contributed by atoms with van der Waals surface area (Å²) in [5.74, 6) is 1.68. The molecule has 6 aromatic rings. The van der Waals surface area contributed by atoms with Crippen molar-refractivity contribution in [1.29, 1.82) is 0 Å². The Morgan fingerprint density at radius 2 is 0.976 bits per heavy atom. The Morgan fingerprint density at radius 3 is 1.50 bits per heavy atom. The fraction of sp³-hybridized carbons (Fsp3) is 0.0526. The van der Waals surface area contributed by atoms with E-state index < -0.39 is 15.1 Å². The van der Waals surface area contributed by atoms with E-state index >= 15 is 4.57 Å². The van der Waals surface area contributed by atoms with Crippen LogP contribution in [-0.4, -0.2) is 0 Å². The molecule has 6 aromatic carbocycles. The molecule has 7 rings (SSSR count). The molecule has 4 heteroatoms. The SMILES string of the molecule is CC1c2cccc(P(c3ccccc3)c3ccccc3)c2Oc2c1cccc2P(=O)(c1ccccc1)c1ccccc1. The van der Waals surface area contributed by atoms with Crippen molar-refractivity contribution in [3.8, 4) is 11.5 Å². The molecule has 1 heterocycles. The Morgan fingerprint density at radius 1 is 0.524 bits per heavy atom. The molecule has 1 unspecified atom stereocenters. The molecule has 0 saturated carbocycles. The van der Waals surface area contributed by atoms with Crippen molar-refractivity contribution >= 4 is 46.9 Å². The maximum absolute atomic E-state index is 15.5. The lowest BCUT2D eigenvalue weighted by atomic mass is 9.90. The van der Waals surface area contributed by atoms with Crippen molar-refractivity contribution in [3.05, 3.63) is 169 Å². The van der Waals surface area contributed by atoms with Crippen LogP contribution < -0.4 is 36.6 Å². The summed E-state index contributed by atoms with van der Waals surface area (Å²) in [5.41, 5.74) is 2.22. The lowest BCUT2D eigenvalue weighted by Crippen LogP contribution is -2.29. The molecule has 0 aliphatic carbocycles. The third kappa shape index (κ3) is 4.53. The molecule has 1 atom stereocenters. The lowest BCUT2D eigenvalue weighted by molar-refractivity contribution is 0.457. The van der Waals surface area contributed by atoms with Crippen LogP contribution in [-0.2, 0) is 4.57 Å². The van der Waals surface area contributed by atoms with E-state index in [0.29, 0.717) is 0 Å². The van der Waals surface area contributed by atoms with Crippen LogP contribution in [0.2, 0.25) is 0 Å². The van der Waals surface area contributed by atoms with Gasteiger partial charge in [-0.05, 0) is 24.6 Å². The first-order valence-corrected chi connectivity index (χ1v) is 17.3. The summed E-state index contributed by atoms with van der Waals surface area (Å²) < 4.78 is 22.6. The average molecular weight is 581 g/mol. The fourth-order valence-corrected chi connectivity index (χ4v) is 11.2. The first-order valence-electron chi connectivity index (χ1n) is 14.2. The minimum atomic E-state index is -3.25. The molecule has 0 radical (unpaired) electrons. The quantitative estimate of drug-likeness (QED) is 0.193. The Kier molecular flexibility index (Phi) is 7.12. The van der Waals surface area contributed by atoms with Crippen molar-refractivity contribution in [3.63, 3.8) is 0 Å². The van der Waals surface area contributed by atoms with Gasteiger partial charge in [-0.1, -0.05) is 159 Å². The van der Waals surface area contributed by atoms with Gasteiger partial charge >= 0.3 is 0 Å². The summed E-state index contributed by atoms with van der Waals surface area (Å²) in [6, 6.07) is 53.8. The van der Waals surface area contributed by atoms with E-state index in [2.05, 4.69) is 91.9 Å². The van der Waals surface area contributed by atoms with Crippen molar-refractivity contribution < 1.29 is 9.30 Å². The van der Waals surface area contributed by atoms with E-state index in [1.54, 1.807) is 0 Å². The highest BCUT2D eigenvalue weighted by molar-refractivity contribution is 7.85. The van der Waals surface area contributed by atoms with Crippen LogP contribution in [0.1, 0.15) is 24.0 Å². The zero-order valence-corrected chi connectivity index (χ0v) is 25.1. The van der Waals surface area contributed by atoms with Gasteiger partial charge in [-0.15, -0.1) is 0 Å². The van der Waals surface area contributed by atoms with Gasteiger partial charge in [0.2, 0.25) is 0 Å². The second-order valence-electron chi connectivity index (χ2n) is 10.5. The standard InChI is InChI=1S/C38H30O2P2/c1-28-33-24-14-26-35(41(29-16-6-2-7-17-29)30-18-8-3-9-19-30)37(33)40-38-34(28)25-15-27-36(38)42(39,31-20-10-4-11-21-31)32-22-12-5-13-23-32/h2-28H,1H3. The summed E-state index contributed by atoms with van der Waals surface area (Å²) in [4.78, 5) is 0. The minimum Gasteiger partial charge on any atom is -0.455 e. The number of para-hydroxylation sites is 2. The highest BCUT2D eigenvalue weighted by Gasteiger charge is 2.38. The van der Waals surface area contributed by atoms with Crippen LogP contribution in [0.3, 0.4) is 0 Å². The summed E-state index contributed by atoms with van der Waals surface area (Å²) in [6.07, 6.45) is 0. The van der Waals surface area contributed by atoms with Gasteiger partial charge in [-0.2, -0.15) is 0 Å². The van der Waals surface area contributed by atoms with Crippen LogP contribution in [0.25, 0.3) is 0 Å². The maximum Gasteiger partial charge on any atom is 0.174 e. The second-order valence-corrected chi connectivity index (χ2v) is 15.4. The molecule has 0 N–H and O–H groups in total. The van der Waals surface area contributed by atoms with Crippen molar-refractivity contribution in [1.82, 2.24) is 0 Å². The molecule has 204 valence electrons. The predicted octanol–water partition coefficient (Wildman–Crippen LogP) is 7.34. The monoisotopic (exact) mass is 580 g/mol. The third-order valence-electron chi connectivity index (χ3n) is 8.04. The molecular weight excluding hydrogens is 550 g/mol. The topological polar surface area (TPSA) is 26.3 Å². The Balaban J connectivity index is 1.45. The van der Waals surface area contributed by atoms with Crippen LogP contribution in [0.5, 0.6) is 11.5 Å². The molecule has 0 bridgehead atoms. The Bertz CT molecular complexity index is 1810. The smallest absolute Gasteiger partial charge is 0.174 e. The van der Waals surface area contributed by atoms with Gasteiger partial charge in [0.1, 0.15) is 11.5 Å². The van der Waals surface area contributed by atoms with E-state index in [9.17, 15) is 0 Å². The van der Waals surface area contributed by atoms with Gasteiger partial charge in [0.25, 0.3) is 0 Å². The first kappa shape index (κ1) is 26.7. The van der Waals surface area contributed by atoms with Gasteiger partial charge in [-0.3, -0.25) is 0 Å². The normalized spacial score (nSPS) is 14.1. The maximum atomic E-state index is 15.5. The van der Waals surface area contributed by atoms with Gasteiger partial charge in [0.05, 0.1) is 5.30 Å². The molecule has 0 saturated heterocycles. The van der Waals surface area contributed by atoms with Gasteiger partial charge in [0.15, 0.2) is 7.14 Å². The zero-order chi connectivity index (χ0) is 28.5. The fourth-order valence-electron chi connectivity index (χ4n) is 5.97. The number of rotatable bonds is 6. The van der Waals surface area contributed by atoms with Crippen molar-refractivity contribution in [2.24, 2.45) is 0 Å². The van der Waals surface area contributed by atoms with E-state index in [-0.39, 0.29) is 5.92 Å².